The van der Waals surface area contributed by atoms with Crippen molar-refractivity contribution in [1.29, 1.82) is 0 Å². The van der Waals surface area contributed by atoms with Crippen LogP contribution in [0.15, 0.2) is 109 Å². The Balaban J connectivity index is 1.70. The van der Waals surface area contributed by atoms with E-state index in [0.29, 0.717) is 11.1 Å². The number of carbonyl (C=O) groups is 2. The molecular formula is C28H26N2O2Si. The van der Waals surface area contributed by atoms with Crippen LogP contribution in [0.25, 0.3) is 0 Å². The molecule has 0 saturated heterocycles. The maximum atomic E-state index is 13.2. The van der Waals surface area contributed by atoms with Crippen LogP contribution in [0, 0.1) is 0 Å². The van der Waals surface area contributed by atoms with E-state index in [1.165, 1.54) is 0 Å². The molecule has 0 aromatic heterocycles. The van der Waals surface area contributed by atoms with Crippen molar-refractivity contribution in [2.24, 2.45) is 0 Å². The molecule has 4 aromatic carbocycles. The molecule has 0 fully saturated rings. The molecule has 0 spiro atoms. The third-order valence-electron chi connectivity index (χ3n) is 5.75. The number of anilines is 2. The molecule has 4 nitrogen and oxygen atoms in total. The molecule has 0 aliphatic carbocycles. The van der Waals surface area contributed by atoms with Crippen LogP contribution >= 0.6 is 0 Å². The fourth-order valence-electron chi connectivity index (χ4n) is 4.04. The minimum atomic E-state index is -2.43. The standard InChI is InChI=1S/C28H26N2O2Si/c1-33(2,25-19-11-9-17-23(25)27(31)29-21-13-5-3-6-14-21)26-20-12-10-18-24(26)28(32)30-22-15-7-4-8-16-22/h3-20H,1-2H3,(H,29,31)(H,30,32). The van der Waals surface area contributed by atoms with Gasteiger partial charge >= 0.3 is 0 Å². The summed E-state index contributed by atoms with van der Waals surface area (Å²) in [4.78, 5) is 26.4. The van der Waals surface area contributed by atoms with Crippen molar-refractivity contribution in [1.82, 2.24) is 0 Å². The molecule has 0 saturated carbocycles. The minimum absolute atomic E-state index is 0.149. The second-order valence-corrected chi connectivity index (χ2v) is 12.7. The Morgan fingerprint density at radius 2 is 0.848 bits per heavy atom. The van der Waals surface area contributed by atoms with Crippen molar-refractivity contribution in [3.63, 3.8) is 0 Å². The summed E-state index contributed by atoms with van der Waals surface area (Å²) in [5, 5.41) is 7.96. The number of carbonyl (C=O) groups excluding carboxylic acids is 2. The number of para-hydroxylation sites is 2. The number of rotatable bonds is 6. The average Bonchev–Trinajstić information content (AvgIpc) is 2.85. The van der Waals surface area contributed by atoms with Gasteiger partial charge in [-0.15, -0.1) is 0 Å². The number of hydrogen-bond donors (Lipinski definition) is 2. The summed E-state index contributed by atoms with van der Waals surface area (Å²) in [5.41, 5.74) is 2.77. The molecule has 33 heavy (non-hydrogen) atoms. The Hall–Kier alpha value is -3.96. The number of benzene rings is 4. The summed E-state index contributed by atoms with van der Waals surface area (Å²) in [6.07, 6.45) is 0. The van der Waals surface area contributed by atoms with Gasteiger partial charge in [-0.3, -0.25) is 9.59 Å². The SMILES string of the molecule is C[Si](C)(c1ccccc1C(=O)Nc1ccccc1)c1ccccc1C(=O)Nc1ccccc1. The topological polar surface area (TPSA) is 58.2 Å². The van der Waals surface area contributed by atoms with Crippen molar-refractivity contribution in [3.8, 4) is 0 Å². The van der Waals surface area contributed by atoms with Crippen molar-refractivity contribution >= 4 is 41.6 Å². The lowest BCUT2D eigenvalue weighted by Gasteiger charge is -2.28. The zero-order valence-electron chi connectivity index (χ0n) is 18.7. The molecule has 4 aromatic rings. The molecular weight excluding hydrogens is 424 g/mol. The highest BCUT2D eigenvalue weighted by atomic mass is 28.3. The van der Waals surface area contributed by atoms with Crippen LogP contribution in [0.2, 0.25) is 13.1 Å². The molecule has 164 valence electrons. The summed E-state index contributed by atoms with van der Waals surface area (Å²) in [6, 6.07) is 34.3. The minimum Gasteiger partial charge on any atom is -0.322 e. The molecule has 4 rings (SSSR count). The van der Waals surface area contributed by atoms with Crippen molar-refractivity contribution in [2.75, 3.05) is 10.6 Å². The molecule has 0 unspecified atom stereocenters. The number of amides is 2. The lowest BCUT2D eigenvalue weighted by atomic mass is 10.2. The Bertz CT molecular complexity index is 1170. The smallest absolute Gasteiger partial charge is 0.255 e. The van der Waals surface area contributed by atoms with Gasteiger partial charge in [0.25, 0.3) is 11.8 Å². The van der Waals surface area contributed by atoms with Gasteiger partial charge in [0.1, 0.15) is 8.07 Å². The summed E-state index contributed by atoms with van der Waals surface area (Å²) >= 11 is 0. The van der Waals surface area contributed by atoms with E-state index >= 15 is 0 Å². The molecule has 0 bridgehead atoms. The summed E-state index contributed by atoms with van der Waals surface area (Å²) < 4.78 is 0. The second kappa shape index (κ2) is 9.67. The molecule has 0 aliphatic heterocycles. The first-order chi connectivity index (χ1) is 16.0. The highest BCUT2D eigenvalue weighted by Crippen LogP contribution is 2.15. The van der Waals surface area contributed by atoms with Gasteiger partial charge in [0.15, 0.2) is 0 Å². The van der Waals surface area contributed by atoms with E-state index in [0.717, 1.165) is 21.7 Å². The fraction of sp³-hybridized carbons (Fsp3) is 0.0714. The van der Waals surface area contributed by atoms with E-state index in [1.807, 2.05) is 109 Å². The van der Waals surface area contributed by atoms with Crippen molar-refractivity contribution in [2.45, 2.75) is 13.1 Å². The maximum absolute atomic E-state index is 13.2. The Morgan fingerprint density at radius 1 is 0.515 bits per heavy atom. The van der Waals surface area contributed by atoms with E-state index in [4.69, 9.17) is 0 Å². The van der Waals surface area contributed by atoms with E-state index < -0.39 is 8.07 Å². The van der Waals surface area contributed by atoms with Gasteiger partial charge in [0.2, 0.25) is 0 Å². The van der Waals surface area contributed by atoms with Gasteiger partial charge < -0.3 is 10.6 Å². The van der Waals surface area contributed by atoms with Crippen molar-refractivity contribution < 1.29 is 9.59 Å². The Morgan fingerprint density at radius 3 is 1.24 bits per heavy atom. The zero-order chi connectivity index (χ0) is 23.3. The molecule has 0 heterocycles. The van der Waals surface area contributed by atoms with Crippen molar-refractivity contribution in [3.05, 3.63) is 120 Å². The summed E-state index contributed by atoms with van der Waals surface area (Å²) in [6.45, 7) is 4.35. The molecule has 0 atom stereocenters. The first kappa shape index (κ1) is 22.2. The van der Waals surface area contributed by atoms with E-state index in [2.05, 4.69) is 23.7 Å². The van der Waals surface area contributed by atoms with Crippen LogP contribution in [0.5, 0.6) is 0 Å². The van der Waals surface area contributed by atoms with Gasteiger partial charge in [-0.05, 0) is 46.8 Å². The number of hydrogen-bond acceptors (Lipinski definition) is 2. The maximum Gasteiger partial charge on any atom is 0.255 e. The predicted molar refractivity (Wildman–Crippen MR) is 138 cm³/mol. The van der Waals surface area contributed by atoms with Gasteiger partial charge in [-0.1, -0.05) is 85.9 Å². The van der Waals surface area contributed by atoms with Gasteiger partial charge in [0.05, 0.1) is 0 Å². The zero-order valence-corrected chi connectivity index (χ0v) is 19.7. The molecule has 0 aliphatic rings. The van der Waals surface area contributed by atoms with E-state index in [1.54, 1.807) is 0 Å². The molecule has 2 N–H and O–H groups in total. The van der Waals surface area contributed by atoms with Crippen LogP contribution in [0.1, 0.15) is 20.7 Å². The Kier molecular flexibility index (Phi) is 6.52. The highest BCUT2D eigenvalue weighted by Gasteiger charge is 2.33. The van der Waals surface area contributed by atoms with Gasteiger partial charge in [0, 0.05) is 22.5 Å². The normalized spacial score (nSPS) is 11.0. The second-order valence-electron chi connectivity index (χ2n) is 8.36. The first-order valence-electron chi connectivity index (χ1n) is 10.9. The predicted octanol–water partition coefficient (Wildman–Crippen LogP) is 5.01. The number of nitrogens with one attached hydrogen (secondary N) is 2. The quantitative estimate of drug-likeness (QED) is 0.406. The largest absolute Gasteiger partial charge is 0.322 e. The van der Waals surface area contributed by atoms with Crippen LogP contribution < -0.4 is 21.0 Å². The molecule has 0 radical (unpaired) electrons. The van der Waals surface area contributed by atoms with E-state index in [9.17, 15) is 9.59 Å². The highest BCUT2D eigenvalue weighted by molar-refractivity contribution is 7.01. The van der Waals surface area contributed by atoms with Crippen LogP contribution in [0.3, 0.4) is 0 Å². The lowest BCUT2D eigenvalue weighted by Crippen LogP contribution is -2.57. The summed E-state index contributed by atoms with van der Waals surface area (Å²) in [7, 11) is -2.43. The third-order valence-corrected chi connectivity index (χ3v) is 9.32. The average molecular weight is 451 g/mol. The Labute approximate surface area is 195 Å². The molecule has 5 heteroatoms. The van der Waals surface area contributed by atoms with Gasteiger partial charge in [-0.2, -0.15) is 0 Å². The third kappa shape index (κ3) is 4.94. The van der Waals surface area contributed by atoms with Gasteiger partial charge in [-0.25, -0.2) is 0 Å². The fourth-order valence-corrected chi connectivity index (χ4v) is 7.09. The van der Waals surface area contributed by atoms with Crippen LogP contribution in [-0.4, -0.2) is 19.9 Å². The monoisotopic (exact) mass is 450 g/mol. The summed E-state index contributed by atoms with van der Waals surface area (Å²) in [5.74, 6) is -0.299. The van der Waals surface area contributed by atoms with Crippen LogP contribution in [-0.2, 0) is 0 Å². The molecule has 2 amide bonds. The lowest BCUT2D eigenvalue weighted by molar-refractivity contribution is 0.102. The van der Waals surface area contributed by atoms with E-state index in [-0.39, 0.29) is 11.8 Å². The van der Waals surface area contributed by atoms with Crippen LogP contribution in [0.4, 0.5) is 11.4 Å². The first-order valence-corrected chi connectivity index (χ1v) is 13.9.